The second kappa shape index (κ2) is 9.70. The van der Waals surface area contributed by atoms with E-state index in [1.807, 2.05) is 59.5 Å². The number of methoxy groups -OCH3 is 2. The van der Waals surface area contributed by atoms with Crippen LogP contribution < -0.4 is 9.47 Å². The first-order valence-corrected chi connectivity index (χ1v) is 10.9. The van der Waals surface area contributed by atoms with Crippen LogP contribution in [0.2, 0.25) is 0 Å². The highest BCUT2D eigenvalue weighted by Crippen LogP contribution is 2.33. The predicted molar refractivity (Wildman–Crippen MR) is 121 cm³/mol. The minimum Gasteiger partial charge on any atom is -0.493 e. The summed E-state index contributed by atoms with van der Waals surface area (Å²) in [5, 5.41) is 7.65. The second-order valence-corrected chi connectivity index (χ2v) is 8.02. The number of fused-ring (bicyclic) bond motifs is 1. The highest BCUT2D eigenvalue weighted by molar-refractivity contribution is 7.99. The molecule has 0 spiro atoms. The molecule has 0 bridgehead atoms. The second-order valence-electron chi connectivity index (χ2n) is 7.08. The highest BCUT2D eigenvalue weighted by Gasteiger charge is 2.23. The van der Waals surface area contributed by atoms with Crippen LogP contribution in [0.4, 0.5) is 0 Å². The van der Waals surface area contributed by atoms with Crippen LogP contribution in [-0.2, 0) is 17.8 Å². The number of aromatic amines is 1. The van der Waals surface area contributed by atoms with Gasteiger partial charge in [0.15, 0.2) is 11.5 Å². The molecule has 1 aliphatic heterocycles. The Labute approximate surface area is 185 Å². The molecular weight excluding hydrogens is 412 g/mol. The third-order valence-electron chi connectivity index (χ3n) is 5.11. The van der Waals surface area contributed by atoms with Crippen molar-refractivity contribution < 1.29 is 14.3 Å². The molecule has 1 aliphatic rings. The summed E-state index contributed by atoms with van der Waals surface area (Å²) in [6.07, 6.45) is 4.63. The summed E-state index contributed by atoms with van der Waals surface area (Å²) in [5.41, 5.74) is 3.37. The lowest BCUT2D eigenvalue weighted by Gasteiger charge is -2.29. The molecular formula is C23H24N4O3S. The van der Waals surface area contributed by atoms with Crippen LogP contribution >= 0.6 is 11.8 Å². The number of amides is 1. The molecule has 1 aromatic heterocycles. The lowest BCUT2D eigenvalue weighted by molar-refractivity contribution is -0.129. The molecule has 1 N–H and O–H groups in total. The predicted octanol–water partition coefficient (Wildman–Crippen LogP) is 3.67. The largest absolute Gasteiger partial charge is 0.493 e. The number of aromatic nitrogens is 3. The maximum Gasteiger partial charge on any atom is 0.233 e. The molecule has 2 heterocycles. The standard InChI is InChI=1S/C23H24N4O3S/c1-29-19-12-17-10-11-27(14-18(17)13-20(19)30-2)22(28)15-31-23-24-21(25-26-23)9-8-16-6-4-3-5-7-16/h3-9,12-13H,10-11,14-15H2,1-2H3,(H,24,25,26)/b9-8+. The van der Waals surface area contributed by atoms with Crippen LogP contribution in [0, 0.1) is 0 Å². The van der Waals surface area contributed by atoms with Gasteiger partial charge >= 0.3 is 0 Å². The third-order valence-corrected chi connectivity index (χ3v) is 5.94. The molecule has 0 saturated heterocycles. The molecule has 0 aliphatic carbocycles. The van der Waals surface area contributed by atoms with Gasteiger partial charge in [-0.3, -0.25) is 9.89 Å². The Balaban J connectivity index is 1.34. The average Bonchev–Trinajstić information content (AvgIpc) is 3.28. The maximum absolute atomic E-state index is 12.7. The molecule has 0 unspecified atom stereocenters. The molecule has 4 rings (SSSR count). The van der Waals surface area contributed by atoms with Crippen molar-refractivity contribution in [3.05, 3.63) is 65.0 Å². The average molecular weight is 437 g/mol. The summed E-state index contributed by atoms with van der Waals surface area (Å²) in [7, 11) is 3.25. The van der Waals surface area contributed by atoms with Crippen LogP contribution in [0.3, 0.4) is 0 Å². The molecule has 0 atom stereocenters. The molecule has 8 heteroatoms. The van der Waals surface area contributed by atoms with Gasteiger partial charge in [-0.05, 0) is 41.3 Å². The number of carbonyl (C=O) groups excluding carboxylic acids is 1. The molecule has 7 nitrogen and oxygen atoms in total. The lowest BCUT2D eigenvalue weighted by Crippen LogP contribution is -2.37. The van der Waals surface area contributed by atoms with E-state index in [2.05, 4.69) is 15.2 Å². The number of ether oxygens (including phenoxy) is 2. The fourth-order valence-corrected chi connectivity index (χ4v) is 4.16. The lowest BCUT2D eigenvalue weighted by atomic mass is 9.99. The van der Waals surface area contributed by atoms with Gasteiger partial charge in [-0.1, -0.05) is 48.2 Å². The number of benzene rings is 2. The highest BCUT2D eigenvalue weighted by atomic mass is 32.2. The van der Waals surface area contributed by atoms with E-state index in [-0.39, 0.29) is 5.91 Å². The fourth-order valence-electron chi connectivity index (χ4n) is 3.45. The van der Waals surface area contributed by atoms with Crippen molar-refractivity contribution in [2.24, 2.45) is 0 Å². The van der Waals surface area contributed by atoms with Gasteiger partial charge in [0.05, 0.1) is 20.0 Å². The summed E-state index contributed by atoms with van der Waals surface area (Å²) >= 11 is 1.34. The third kappa shape index (κ3) is 5.08. The maximum atomic E-state index is 12.7. The van der Waals surface area contributed by atoms with E-state index in [0.29, 0.717) is 35.6 Å². The van der Waals surface area contributed by atoms with Crippen molar-refractivity contribution in [1.29, 1.82) is 0 Å². The number of H-pyrrole nitrogens is 1. The number of thioether (sulfide) groups is 1. The van der Waals surface area contributed by atoms with Crippen LogP contribution in [0.25, 0.3) is 12.2 Å². The van der Waals surface area contributed by atoms with Crippen molar-refractivity contribution in [3.63, 3.8) is 0 Å². The molecule has 1 amide bonds. The number of rotatable bonds is 7. The van der Waals surface area contributed by atoms with Gasteiger partial charge < -0.3 is 14.4 Å². The van der Waals surface area contributed by atoms with Gasteiger partial charge in [0.25, 0.3) is 0 Å². The summed E-state index contributed by atoms with van der Waals surface area (Å²) in [6.45, 7) is 1.25. The Hall–Kier alpha value is -3.26. The molecule has 160 valence electrons. The minimum atomic E-state index is 0.0663. The van der Waals surface area contributed by atoms with Crippen LogP contribution in [0.15, 0.2) is 47.6 Å². The Morgan fingerprint density at radius 2 is 1.87 bits per heavy atom. The Morgan fingerprint density at radius 3 is 2.61 bits per heavy atom. The molecule has 31 heavy (non-hydrogen) atoms. The normalized spacial score (nSPS) is 13.3. The molecule has 2 aromatic carbocycles. The zero-order valence-electron chi connectivity index (χ0n) is 17.5. The molecule has 0 radical (unpaired) electrons. The van der Waals surface area contributed by atoms with Gasteiger partial charge in [-0.25, -0.2) is 4.98 Å². The molecule has 0 fully saturated rings. The first-order chi connectivity index (χ1) is 15.2. The Kier molecular flexibility index (Phi) is 6.57. The van der Waals surface area contributed by atoms with Gasteiger partial charge in [0.1, 0.15) is 5.82 Å². The van der Waals surface area contributed by atoms with Crippen molar-refractivity contribution in [3.8, 4) is 11.5 Å². The SMILES string of the molecule is COc1cc2c(cc1OC)CN(C(=O)CSc1n[nH]c(/C=C/c3ccccc3)n1)CC2. The van der Waals surface area contributed by atoms with E-state index in [4.69, 9.17) is 9.47 Å². The van der Waals surface area contributed by atoms with Crippen LogP contribution in [-0.4, -0.2) is 52.5 Å². The zero-order chi connectivity index (χ0) is 21.6. The van der Waals surface area contributed by atoms with Crippen LogP contribution in [0.5, 0.6) is 11.5 Å². The van der Waals surface area contributed by atoms with Crippen LogP contribution in [0.1, 0.15) is 22.5 Å². The number of nitrogens with one attached hydrogen (secondary N) is 1. The van der Waals surface area contributed by atoms with E-state index in [1.165, 1.54) is 17.3 Å². The topological polar surface area (TPSA) is 80.3 Å². The summed E-state index contributed by atoms with van der Waals surface area (Å²) in [5.74, 6) is 2.42. The Bertz CT molecular complexity index is 1080. The van der Waals surface area contributed by atoms with E-state index in [0.717, 1.165) is 23.3 Å². The van der Waals surface area contributed by atoms with Gasteiger partial charge in [0, 0.05) is 13.1 Å². The van der Waals surface area contributed by atoms with Crippen molar-refractivity contribution in [2.45, 2.75) is 18.1 Å². The Morgan fingerprint density at radius 1 is 1.13 bits per heavy atom. The van der Waals surface area contributed by atoms with Gasteiger partial charge in [0.2, 0.25) is 11.1 Å². The van der Waals surface area contributed by atoms with Crippen molar-refractivity contribution in [1.82, 2.24) is 20.1 Å². The smallest absolute Gasteiger partial charge is 0.233 e. The number of hydrogen-bond acceptors (Lipinski definition) is 6. The number of hydrogen-bond donors (Lipinski definition) is 1. The van der Waals surface area contributed by atoms with Crippen molar-refractivity contribution in [2.75, 3.05) is 26.5 Å². The number of carbonyl (C=O) groups is 1. The molecule has 0 saturated carbocycles. The first-order valence-electron chi connectivity index (χ1n) is 9.96. The number of nitrogens with zero attached hydrogens (tertiary/aromatic N) is 3. The van der Waals surface area contributed by atoms with Gasteiger partial charge in [-0.15, -0.1) is 5.10 Å². The summed E-state index contributed by atoms with van der Waals surface area (Å²) in [4.78, 5) is 19.0. The van der Waals surface area contributed by atoms with Crippen molar-refractivity contribution >= 4 is 29.8 Å². The minimum absolute atomic E-state index is 0.0663. The summed E-state index contributed by atoms with van der Waals surface area (Å²) < 4.78 is 10.8. The monoisotopic (exact) mass is 436 g/mol. The van der Waals surface area contributed by atoms with E-state index in [9.17, 15) is 4.79 Å². The van der Waals surface area contributed by atoms with Gasteiger partial charge in [-0.2, -0.15) is 0 Å². The first kappa shape index (κ1) is 21.0. The van der Waals surface area contributed by atoms with E-state index >= 15 is 0 Å². The van der Waals surface area contributed by atoms with E-state index < -0.39 is 0 Å². The zero-order valence-corrected chi connectivity index (χ0v) is 18.3. The molecule has 3 aromatic rings. The van der Waals surface area contributed by atoms with E-state index in [1.54, 1.807) is 14.2 Å². The summed E-state index contributed by atoms with van der Waals surface area (Å²) in [6, 6.07) is 13.9. The fraction of sp³-hybridized carbons (Fsp3) is 0.261. The quantitative estimate of drug-likeness (QED) is 0.569.